The van der Waals surface area contributed by atoms with Gasteiger partial charge in [-0.05, 0) is 30.2 Å². The van der Waals surface area contributed by atoms with Crippen LogP contribution in [0.4, 0.5) is 0 Å². The molecule has 0 aliphatic carbocycles. The standard InChI is InChI=1S/C8H10BrNO3S/c1-2-6-5-7(9)3-4-8(6)14(12,13)10-11/h3-5,10-11H,2H2,1H3. The van der Waals surface area contributed by atoms with E-state index in [1.165, 1.54) is 11.0 Å². The zero-order valence-corrected chi connectivity index (χ0v) is 9.89. The van der Waals surface area contributed by atoms with E-state index < -0.39 is 10.0 Å². The summed E-state index contributed by atoms with van der Waals surface area (Å²) >= 11 is 3.25. The van der Waals surface area contributed by atoms with Crippen molar-refractivity contribution >= 4 is 26.0 Å². The average molecular weight is 280 g/mol. The van der Waals surface area contributed by atoms with Crippen molar-refractivity contribution in [2.45, 2.75) is 18.2 Å². The van der Waals surface area contributed by atoms with Crippen LogP contribution in [-0.4, -0.2) is 13.6 Å². The summed E-state index contributed by atoms with van der Waals surface area (Å²) in [5, 5.41) is 8.49. The van der Waals surface area contributed by atoms with Crippen LogP contribution in [0.3, 0.4) is 0 Å². The van der Waals surface area contributed by atoms with Crippen LogP contribution in [0.1, 0.15) is 12.5 Å². The molecule has 1 rings (SSSR count). The summed E-state index contributed by atoms with van der Waals surface area (Å²) in [6, 6.07) is 4.77. The molecule has 0 amide bonds. The Kier molecular flexibility index (Phi) is 3.65. The third kappa shape index (κ3) is 2.33. The van der Waals surface area contributed by atoms with E-state index in [2.05, 4.69) is 15.9 Å². The zero-order valence-electron chi connectivity index (χ0n) is 7.49. The van der Waals surface area contributed by atoms with Gasteiger partial charge in [0.2, 0.25) is 0 Å². The Labute approximate surface area is 91.1 Å². The molecule has 0 bridgehead atoms. The molecule has 0 unspecified atom stereocenters. The number of hydrogen-bond acceptors (Lipinski definition) is 3. The molecule has 0 saturated carbocycles. The monoisotopic (exact) mass is 279 g/mol. The fourth-order valence-corrected chi connectivity index (χ4v) is 2.44. The van der Waals surface area contributed by atoms with Crippen LogP contribution in [0, 0.1) is 0 Å². The van der Waals surface area contributed by atoms with Crippen molar-refractivity contribution in [3.05, 3.63) is 28.2 Å². The van der Waals surface area contributed by atoms with Gasteiger partial charge in [-0.3, -0.25) is 0 Å². The Morgan fingerprint density at radius 3 is 2.64 bits per heavy atom. The van der Waals surface area contributed by atoms with Gasteiger partial charge in [-0.1, -0.05) is 27.7 Å². The largest absolute Gasteiger partial charge is 0.302 e. The molecule has 0 fully saturated rings. The van der Waals surface area contributed by atoms with E-state index in [4.69, 9.17) is 5.21 Å². The van der Waals surface area contributed by atoms with Gasteiger partial charge in [0.25, 0.3) is 10.0 Å². The molecule has 6 heteroatoms. The van der Waals surface area contributed by atoms with Crippen molar-refractivity contribution in [3.8, 4) is 0 Å². The Morgan fingerprint density at radius 1 is 1.50 bits per heavy atom. The van der Waals surface area contributed by atoms with Gasteiger partial charge in [-0.25, -0.2) is 8.42 Å². The van der Waals surface area contributed by atoms with Gasteiger partial charge in [-0.15, -0.1) is 0 Å². The van der Waals surface area contributed by atoms with Crippen LogP contribution >= 0.6 is 15.9 Å². The molecule has 0 saturated heterocycles. The maximum Gasteiger partial charge on any atom is 0.262 e. The summed E-state index contributed by atoms with van der Waals surface area (Å²) in [5.74, 6) is 0. The molecule has 0 aromatic heterocycles. The predicted molar refractivity (Wildman–Crippen MR) is 55.6 cm³/mol. The summed E-state index contributed by atoms with van der Waals surface area (Å²) in [5.41, 5.74) is 0.654. The van der Waals surface area contributed by atoms with E-state index in [1.54, 1.807) is 12.1 Å². The summed E-state index contributed by atoms with van der Waals surface area (Å²) in [6.07, 6.45) is 0.579. The van der Waals surface area contributed by atoms with Crippen LogP contribution in [0.2, 0.25) is 0 Å². The second-order valence-corrected chi connectivity index (χ2v) is 5.25. The van der Waals surface area contributed by atoms with Crippen molar-refractivity contribution in [3.63, 3.8) is 0 Å². The molecular formula is C8H10BrNO3S. The third-order valence-electron chi connectivity index (χ3n) is 1.81. The first kappa shape index (κ1) is 11.6. The molecule has 0 radical (unpaired) electrons. The van der Waals surface area contributed by atoms with Crippen molar-refractivity contribution < 1.29 is 13.6 Å². The van der Waals surface area contributed by atoms with E-state index in [0.29, 0.717) is 12.0 Å². The lowest BCUT2D eigenvalue weighted by atomic mass is 10.2. The van der Waals surface area contributed by atoms with Gasteiger partial charge >= 0.3 is 0 Å². The third-order valence-corrected chi connectivity index (χ3v) is 3.52. The lowest BCUT2D eigenvalue weighted by Gasteiger charge is -2.07. The highest BCUT2D eigenvalue weighted by Gasteiger charge is 2.16. The molecule has 0 heterocycles. The summed E-state index contributed by atoms with van der Waals surface area (Å²) in [7, 11) is -3.77. The van der Waals surface area contributed by atoms with E-state index in [0.717, 1.165) is 4.47 Å². The Balaban J connectivity index is 3.35. The molecule has 0 aliphatic rings. The van der Waals surface area contributed by atoms with Crippen LogP contribution < -0.4 is 4.89 Å². The number of nitrogens with one attached hydrogen (secondary N) is 1. The van der Waals surface area contributed by atoms with E-state index in [-0.39, 0.29) is 4.90 Å². The number of halogens is 1. The molecule has 1 aromatic carbocycles. The molecule has 78 valence electrons. The topological polar surface area (TPSA) is 66.4 Å². The van der Waals surface area contributed by atoms with E-state index in [1.807, 2.05) is 6.92 Å². The number of hydrogen-bond donors (Lipinski definition) is 2. The summed E-state index contributed by atoms with van der Waals surface area (Å²) in [4.78, 5) is 1.41. The van der Waals surface area contributed by atoms with E-state index in [9.17, 15) is 8.42 Å². The minimum absolute atomic E-state index is 0.103. The number of rotatable bonds is 3. The zero-order chi connectivity index (χ0) is 10.8. The van der Waals surface area contributed by atoms with Gasteiger partial charge in [0, 0.05) is 4.47 Å². The Morgan fingerprint density at radius 2 is 2.14 bits per heavy atom. The first-order chi connectivity index (χ1) is 6.51. The second-order valence-electron chi connectivity index (χ2n) is 2.70. The van der Waals surface area contributed by atoms with Gasteiger partial charge in [-0.2, -0.15) is 0 Å². The normalized spacial score (nSPS) is 11.6. The Bertz CT molecular complexity index is 430. The van der Waals surface area contributed by atoms with Crippen molar-refractivity contribution in [1.82, 2.24) is 4.89 Å². The van der Waals surface area contributed by atoms with Crippen molar-refractivity contribution in [1.29, 1.82) is 0 Å². The maximum absolute atomic E-state index is 11.3. The fraction of sp³-hybridized carbons (Fsp3) is 0.250. The summed E-state index contributed by atoms with van der Waals surface area (Å²) < 4.78 is 23.4. The Hall–Kier alpha value is -0.430. The minimum atomic E-state index is -3.77. The van der Waals surface area contributed by atoms with Crippen LogP contribution in [0.25, 0.3) is 0 Å². The maximum atomic E-state index is 11.3. The van der Waals surface area contributed by atoms with E-state index >= 15 is 0 Å². The predicted octanol–water partition coefficient (Wildman–Crippen LogP) is 1.68. The molecule has 0 atom stereocenters. The number of benzene rings is 1. The highest BCUT2D eigenvalue weighted by molar-refractivity contribution is 9.10. The van der Waals surface area contributed by atoms with Gasteiger partial charge in [0.15, 0.2) is 0 Å². The minimum Gasteiger partial charge on any atom is -0.302 e. The van der Waals surface area contributed by atoms with Crippen LogP contribution in [-0.2, 0) is 16.4 Å². The molecule has 1 aromatic rings. The first-order valence-corrected chi connectivity index (χ1v) is 6.23. The first-order valence-electron chi connectivity index (χ1n) is 3.95. The fourth-order valence-electron chi connectivity index (χ4n) is 1.14. The second kappa shape index (κ2) is 4.39. The number of sulfonamides is 1. The average Bonchev–Trinajstić information content (AvgIpc) is 2.17. The number of aryl methyl sites for hydroxylation is 1. The van der Waals surface area contributed by atoms with Gasteiger partial charge < -0.3 is 5.21 Å². The molecule has 14 heavy (non-hydrogen) atoms. The molecule has 2 N–H and O–H groups in total. The molecule has 4 nitrogen and oxygen atoms in total. The highest BCUT2D eigenvalue weighted by Crippen LogP contribution is 2.20. The van der Waals surface area contributed by atoms with Gasteiger partial charge in [0.05, 0.1) is 4.90 Å². The molecular weight excluding hydrogens is 270 g/mol. The summed E-state index contributed by atoms with van der Waals surface area (Å²) in [6.45, 7) is 1.85. The van der Waals surface area contributed by atoms with Crippen LogP contribution in [0.15, 0.2) is 27.6 Å². The lowest BCUT2D eigenvalue weighted by molar-refractivity contribution is 0.242. The smallest absolute Gasteiger partial charge is 0.262 e. The van der Waals surface area contributed by atoms with Crippen molar-refractivity contribution in [2.75, 3.05) is 0 Å². The SMILES string of the molecule is CCc1cc(Br)ccc1S(=O)(=O)NO. The van der Waals surface area contributed by atoms with Gasteiger partial charge in [0.1, 0.15) is 0 Å². The molecule has 0 aliphatic heterocycles. The quantitative estimate of drug-likeness (QED) is 0.828. The molecule has 0 spiro atoms. The van der Waals surface area contributed by atoms with Crippen molar-refractivity contribution in [2.24, 2.45) is 0 Å². The van der Waals surface area contributed by atoms with Crippen LogP contribution in [0.5, 0.6) is 0 Å². The highest BCUT2D eigenvalue weighted by atomic mass is 79.9. The lowest BCUT2D eigenvalue weighted by Crippen LogP contribution is -2.20.